The Balaban J connectivity index is 2.28. The summed E-state index contributed by atoms with van der Waals surface area (Å²) in [6.45, 7) is 8.09. The summed E-state index contributed by atoms with van der Waals surface area (Å²) < 4.78 is 0. The molecule has 0 saturated carbocycles. The summed E-state index contributed by atoms with van der Waals surface area (Å²) in [5.41, 5.74) is 12.2. The number of thiocarbonyl (C=S) groups is 1. The van der Waals surface area contributed by atoms with Crippen molar-refractivity contribution in [3.05, 3.63) is 16.8 Å². The molecule has 0 atom stereocenters. The molecule has 1 fully saturated rings. The highest BCUT2D eigenvalue weighted by molar-refractivity contribution is 7.80. The van der Waals surface area contributed by atoms with Gasteiger partial charge in [0.1, 0.15) is 4.99 Å². The SMILES string of the molecule is CCc1nnc(NN2CCN(C)CC2)c(C(N)=S)c1CC. The van der Waals surface area contributed by atoms with Gasteiger partial charge in [-0.25, -0.2) is 5.01 Å². The summed E-state index contributed by atoms with van der Waals surface area (Å²) in [6, 6.07) is 0. The first-order chi connectivity index (χ1) is 10.1. The van der Waals surface area contributed by atoms with Gasteiger partial charge in [0, 0.05) is 26.2 Å². The number of hydrogen-bond donors (Lipinski definition) is 2. The molecule has 6 nitrogen and oxygen atoms in total. The Kier molecular flexibility index (Phi) is 5.44. The third kappa shape index (κ3) is 3.66. The van der Waals surface area contributed by atoms with Gasteiger partial charge in [-0.1, -0.05) is 26.1 Å². The molecule has 0 amide bonds. The maximum absolute atomic E-state index is 5.94. The minimum atomic E-state index is 0.382. The van der Waals surface area contributed by atoms with E-state index in [0.29, 0.717) is 10.8 Å². The van der Waals surface area contributed by atoms with Crippen molar-refractivity contribution in [2.75, 3.05) is 38.7 Å². The molecule has 21 heavy (non-hydrogen) atoms. The minimum Gasteiger partial charge on any atom is -0.389 e. The van der Waals surface area contributed by atoms with Crippen molar-refractivity contribution >= 4 is 23.0 Å². The zero-order valence-electron chi connectivity index (χ0n) is 13.0. The average Bonchev–Trinajstić information content (AvgIpc) is 2.48. The Morgan fingerprint density at radius 2 is 1.86 bits per heavy atom. The number of rotatable bonds is 5. The molecule has 1 aliphatic heterocycles. The van der Waals surface area contributed by atoms with Crippen LogP contribution in [0.2, 0.25) is 0 Å². The summed E-state index contributed by atoms with van der Waals surface area (Å²) >= 11 is 5.24. The highest BCUT2D eigenvalue weighted by Crippen LogP contribution is 2.21. The quantitative estimate of drug-likeness (QED) is 0.780. The molecular formula is C14H24N6S. The van der Waals surface area contributed by atoms with E-state index in [0.717, 1.165) is 55.8 Å². The fourth-order valence-electron chi connectivity index (χ4n) is 2.58. The molecule has 7 heteroatoms. The molecule has 0 unspecified atom stereocenters. The summed E-state index contributed by atoms with van der Waals surface area (Å²) in [5, 5.41) is 10.8. The highest BCUT2D eigenvalue weighted by Gasteiger charge is 2.20. The third-order valence-electron chi connectivity index (χ3n) is 3.86. The van der Waals surface area contributed by atoms with Crippen molar-refractivity contribution in [1.29, 1.82) is 0 Å². The summed E-state index contributed by atoms with van der Waals surface area (Å²) in [6.07, 6.45) is 1.68. The van der Waals surface area contributed by atoms with Gasteiger partial charge in [-0.05, 0) is 25.5 Å². The first-order valence-corrected chi connectivity index (χ1v) is 7.86. The lowest BCUT2D eigenvalue weighted by Crippen LogP contribution is -2.47. The van der Waals surface area contributed by atoms with Crippen LogP contribution >= 0.6 is 12.2 Å². The second kappa shape index (κ2) is 7.11. The predicted molar refractivity (Wildman–Crippen MR) is 89.4 cm³/mol. The molecule has 0 spiro atoms. The van der Waals surface area contributed by atoms with Gasteiger partial charge in [0.2, 0.25) is 0 Å². The van der Waals surface area contributed by atoms with E-state index in [-0.39, 0.29) is 0 Å². The van der Waals surface area contributed by atoms with Crippen LogP contribution in [0.4, 0.5) is 5.82 Å². The highest BCUT2D eigenvalue weighted by atomic mass is 32.1. The zero-order valence-corrected chi connectivity index (χ0v) is 13.8. The van der Waals surface area contributed by atoms with E-state index in [1.54, 1.807) is 0 Å². The van der Waals surface area contributed by atoms with Crippen molar-refractivity contribution in [1.82, 2.24) is 20.1 Å². The van der Waals surface area contributed by atoms with Crippen LogP contribution in [0, 0.1) is 0 Å². The standard InChI is InChI=1S/C14H24N6S/c1-4-10-11(5-2)16-17-14(12(10)13(15)21)18-20-8-6-19(3)7-9-20/h4-9H2,1-3H3,(H2,15,21)(H,17,18). The minimum absolute atomic E-state index is 0.382. The van der Waals surface area contributed by atoms with Gasteiger partial charge in [-0.3, -0.25) is 0 Å². The number of piperazine rings is 1. The maximum Gasteiger partial charge on any atom is 0.173 e. The summed E-state index contributed by atoms with van der Waals surface area (Å²) in [5.74, 6) is 0.682. The zero-order chi connectivity index (χ0) is 15.4. The molecule has 116 valence electrons. The molecule has 0 radical (unpaired) electrons. The third-order valence-corrected chi connectivity index (χ3v) is 4.06. The Labute approximate surface area is 131 Å². The molecular weight excluding hydrogens is 284 g/mol. The van der Waals surface area contributed by atoms with Crippen LogP contribution in [0.25, 0.3) is 0 Å². The maximum atomic E-state index is 5.94. The Hall–Kier alpha value is -1.31. The van der Waals surface area contributed by atoms with Crippen LogP contribution in [0.15, 0.2) is 0 Å². The van der Waals surface area contributed by atoms with Gasteiger partial charge in [0.25, 0.3) is 0 Å². The molecule has 2 heterocycles. The lowest BCUT2D eigenvalue weighted by molar-refractivity contribution is 0.178. The Morgan fingerprint density at radius 1 is 1.19 bits per heavy atom. The molecule has 3 N–H and O–H groups in total. The summed E-state index contributed by atoms with van der Waals surface area (Å²) in [4.78, 5) is 2.68. The van der Waals surface area contributed by atoms with Crippen molar-refractivity contribution in [3.63, 3.8) is 0 Å². The number of hydrogen-bond acceptors (Lipinski definition) is 6. The van der Waals surface area contributed by atoms with E-state index in [4.69, 9.17) is 18.0 Å². The molecule has 0 aromatic carbocycles. The monoisotopic (exact) mass is 308 g/mol. The van der Waals surface area contributed by atoms with Crippen LogP contribution in [-0.2, 0) is 12.8 Å². The lowest BCUT2D eigenvalue weighted by atomic mass is 10.0. The first kappa shape index (κ1) is 16.1. The van der Waals surface area contributed by atoms with Crippen LogP contribution in [0.5, 0.6) is 0 Å². The van der Waals surface area contributed by atoms with Crippen LogP contribution < -0.4 is 11.2 Å². The molecule has 1 aromatic heterocycles. The van der Waals surface area contributed by atoms with Crippen molar-refractivity contribution in [3.8, 4) is 0 Å². The van der Waals surface area contributed by atoms with E-state index in [2.05, 4.69) is 46.4 Å². The smallest absolute Gasteiger partial charge is 0.173 e. The topological polar surface area (TPSA) is 70.3 Å². The number of anilines is 1. The van der Waals surface area contributed by atoms with Gasteiger partial charge in [-0.2, -0.15) is 5.10 Å². The molecule has 1 saturated heterocycles. The number of likely N-dealkylation sites (N-methyl/N-ethyl adjacent to an activating group) is 1. The van der Waals surface area contributed by atoms with Crippen LogP contribution in [0.1, 0.15) is 30.7 Å². The van der Waals surface area contributed by atoms with Crippen LogP contribution in [-0.4, -0.2) is 58.3 Å². The Bertz CT molecular complexity index is 510. The fraction of sp³-hybridized carbons (Fsp3) is 0.643. The van der Waals surface area contributed by atoms with E-state index >= 15 is 0 Å². The van der Waals surface area contributed by atoms with E-state index in [9.17, 15) is 0 Å². The van der Waals surface area contributed by atoms with Crippen LogP contribution in [0.3, 0.4) is 0 Å². The molecule has 1 aliphatic rings. The predicted octanol–water partition coefficient (Wildman–Crippen LogP) is 0.810. The lowest BCUT2D eigenvalue weighted by Gasteiger charge is -2.33. The van der Waals surface area contributed by atoms with Gasteiger partial charge in [0.05, 0.1) is 11.3 Å². The van der Waals surface area contributed by atoms with E-state index in [1.807, 2.05) is 0 Å². The average molecular weight is 308 g/mol. The number of hydrazine groups is 1. The second-order valence-electron chi connectivity index (χ2n) is 5.32. The number of aryl methyl sites for hydroxylation is 1. The second-order valence-corrected chi connectivity index (χ2v) is 5.76. The Morgan fingerprint density at radius 3 is 2.38 bits per heavy atom. The van der Waals surface area contributed by atoms with Gasteiger partial charge < -0.3 is 16.1 Å². The van der Waals surface area contributed by atoms with Gasteiger partial charge >= 0.3 is 0 Å². The molecule has 0 aliphatic carbocycles. The normalized spacial score (nSPS) is 16.9. The number of nitrogens with zero attached hydrogens (tertiary/aromatic N) is 4. The van der Waals surface area contributed by atoms with Gasteiger partial charge in [0.15, 0.2) is 5.82 Å². The number of aromatic nitrogens is 2. The van der Waals surface area contributed by atoms with Crippen molar-refractivity contribution in [2.24, 2.45) is 5.73 Å². The van der Waals surface area contributed by atoms with E-state index < -0.39 is 0 Å². The van der Waals surface area contributed by atoms with Gasteiger partial charge in [-0.15, -0.1) is 5.10 Å². The van der Waals surface area contributed by atoms with Crippen molar-refractivity contribution < 1.29 is 0 Å². The first-order valence-electron chi connectivity index (χ1n) is 7.45. The summed E-state index contributed by atoms with van der Waals surface area (Å²) in [7, 11) is 2.13. The number of nitrogens with two attached hydrogens (primary N) is 1. The largest absolute Gasteiger partial charge is 0.389 e. The molecule has 0 bridgehead atoms. The number of nitrogens with one attached hydrogen (secondary N) is 1. The molecule has 1 aromatic rings. The fourth-order valence-corrected chi connectivity index (χ4v) is 2.80. The van der Waals surface area contributed by atoms with Crippen molar-refractivity contribution in [2.45, 2.75) is 26.7 Å². The van der Waals surface area contributed by atoms with E-state index in [1.165, 1.54) is 0 Å². The molecule has 2 rings (SSSR count).